The lowest BCUT2D eigenvalue weighted by molar-refractivity contribution is 0.107. The smallest absolute Gasteiger partial charge is 0.407 e. The molecular formula is C28H30F2N8O3. The van der Waals surface area contributed by atoms with Gasteiger partial charge in [-0.25, -0.2) is 13.6 Å². The molecule has 1 aromatic carbocycles. The Morgan fingerprint density at radius 2 is 2.00 bits per heavy atom. The van der Waals surface area contributed by atoms with E-state index < -0.39 is 23.6 Å². The van der Waals surface area contributed by atoms with Gasteiger partial charge in [0.15, 0.2) is 5.82 Å². The van der Waals surface area contributed by atoms with Gasteiger partial charge in [-0.15, -0.1) is 0 Å². The van der Waals surface area contributed by atoms with Crippen LogP contribution in [0.4, 0.5) is 19.4 Å². The number of rotatable bonds is 5. The Morgan fingerprint density at radius 1 is 1.17 bits per heavy atom. The number of hydrogen-bond donors (Lipinski definition) is 2. The predicted octanol–water partition coefficient (Wildman–Crippen LogP) is 3.77. The SMILES string of the molecule is Cc1ccc2[nH]ncc2c1-c1ncc2c(N3CCN(C(=O)O)CC3)nc(OC[C@@]34CCCN3C[C@H](F)C4)nc2c1F. The van der Waals surface area contributed by atoms with E-state index in [2.05, 4.69) is 30.0 Å². The molecule has 3 aliphatic heterocycles. The first kappa shape index (κ1) is 25.8. The fraction of sp³-hybridized carbons (Fsp3) is 0.464. The average Bonchev–Trinajstić information content (AvgIpc) is 3.67. The third-order valence-electron chi connectivity index (χ3n) is 8.79. The van der Waals surface area contributed by atoms with Crippen molar-refractivity contribution in [3.05, 3.63) is 35.9 Å². The van der Waals surface area contributed by atoms with Gasteiger partial charge in [0.1, 0.15) is 29.8 Å². The van der Waals surface area contributed by atoms with Crippen molar-refractivity contribution in [2.75, 3.05) is 50.8 Å². The first-order valence-electron chi connectivity index (χ1n) is 13.9. The summed E-state index contributed by atoms with van der Waals surface area (Å²) < 4.78 is 37.0. The van der Waals surface area contributed by atoms with Crippen LogP contribution in [-0.2, 0) is 0 Å². The molecule has 3 aromatic heterocycles. The minimum atomic E-state index is -0.981. The lowest BCUT2D eigenvalue weighted by atomic mass is 9.95. The Balaban J connectivity index is 1.32. The summed E-state index contributed by atoms with van der Waals surface area (Å²) in [5.41, 5.74) is 2.01. The van der Waals surface area contributed by atoms with Crippen molar-refractivity contribution in [2.45, 2.75) is 37.9 Å². The van der Waals surface area contributed by atoms with E-state index in [1.807, 2.05) is 24.0 Å². The maximum absolute atomic E-state index is 16.5. The van der Waals surface area contributed by atoms with Gasteiger partial charge in [-0.3, -0.25) is 15.0 Å². The van der Waals surface area contributed by atoms with Gasteiger partial charge in [0, 0.05) is 56.3 Å². The van der Waals surface area contributed by atoms with Gasteiger partial charge in [-0.1, -0.05) is 6.07 Å². The summed E-state index contributed by atoms with van der Waals surface area (Å²) in [7, 11) is 0. The lowest BCUT2D eigenvalue weighted by Crippen LogP contribution is -2.48. The number of nitrogens with one attached hydrogen (secondary N) is 1. The first-order valence-corrected chi connectivity index (χ1v) is 13.9. The van der Waals surface area contributed by atoms with Crippen LogP contribution in [0.1, 0.15) is 24.8 Å². The summed E-state index contributed by atoms with van der Waals surface area (Å²) in [5, 5.41) is 17.6. The molecule has 4 aromatic rings. The number of fused-ring (bicyclic) bond motifs is 3. The largest absolute Gasteiger partial charge is 0.465 e. The van der Waals surface area contributed by atoms with Crippen molar-refractivity contribution < 1.29 is 23.4 Å². The van der Waals surface area contributed by atoms with Gasteiger partial charge < -0.3 is 19.6 Å². The monoisotopic (exact) mass is 564 g/mol. The van der Waals surface area contributed by atoms with Crippen molar-refractivity contribution >= 4 is 33.7 Å². The van der Waals surface area contributed by atoms with Gasteiger partial charge >= 0.3 is 12.1 Å². The van der Waals surface area contributed by atoms with E-state index in [9.17, 15) is 14.3 Å². The Bertz CT molecular complexity index is 1660. The number of H-pyrrole nitrogens is 1. The number of piperazine rings is 1. The van der Waals surface area contributed by atoms with E-state index in [0.717, 1.165) is 35.9 Å². The molecule has 0 bridgehead atoms. The zero-order chi connectivity index (χ0) is 28.3. The van der Waals surface area contributed by atoms with Gasteiger partial charge in [0.25, 0.3) is 0 Å². The summed E-state index contributed by atoms with van der Waals surface area (Å²) >= 11 is 0. The molecule has 0 saturated carbocycles. The molecule has 0 spiro atoms. The van der Waals surface area contributed by atoms with Crippen LogP contribution in [-0.4, -0.2) is 104 Å². The molecule has 2 atom stereocenters. The highest BCUT2D eigenvalue weighted by atomic mass is 19.1. The molecule has 6 heterocycles. The number of carbonyl (C=O) groups is 1. The number of aromatic nitrogens is 5. The van der Waals surface area contributed by atoms with Crippen molar-refractivity contribution in [1.29, 1.82) is 0 Å². The second kappa shape index (κ2) is 9.75. The molecule has 13 heteroatoms. The van der Waals surface area contributed by atoms with Crippen LogP contribution in [0.2, 0.25) is 0 Å². The van der Waals surface area contributed by atoms with Gasteiger partial charge in [-0.05, 0) is 37.9 Å². The molecule has 0 unspecified atom stereocenters. The second-order valence-corrected chi connectivity index (χ2v) is 11.2. The molecule has 2 N–H and O–H groups in total. The van der Waals surface area contributed by atoms with Gasteiger partial charge in [0.2, 0.25) is 0 Å². The first-order chi connectivity index (χ1) is 19.8. The van der Waals surface area contributed by atoms with Crippen LogP contribution < -0.4 is 9.64 Å². The maximum atomic E-state index is 16.5. The van der Waals surface area contributed by atoms with Crippen molar-refractivity contribution in [3.8, 4) is 17.3 Å². The average molecular weight is 565 g/mol. The minimum absolute atomic E-state index is 0.00555. The van der Waals surface area contributed by atoms with E-state index in [1.165, 1.54) is 4.90 Å². The number of nitrogens with zero attached hydrogens (tertiary/aromatic N) is 7. The number of ether oxygens (including phenoxy) is 1. The Kier molecular flexibility index (Phi) is 6.14. The van der Waals surface area contributed by atoms with E-state index in [1.54, 1.807) is 12.4 Å². The van der Waals surface area contributed by atoms with E-state index in [0.29, 0.717) is 42.8 Å². The molecule has 3 fully saturated rings. The van der Waals surface area contributed by atoms with Crippen LogP contribution in [0, 0.1) is 12.7 Å². The molecular weight excluding hydrogens is 534 g/mol. The number of amides is 1. The number of aryl methyl sites for hydroxylation is 1. The molecule has 0 radical (unpaired) electrons. The topological polar surface area (TPSA) is 124 Å². The molecule has 1 amide bonds. The van der Waals surface area contributed by atoms with Gasteiger partial charge in [-0.2, -0.15) is 15.1 Å². The number of halogens is 2. The van der Waals surface area contributed by atoms with Crippen LogP contribution in [0.3, 0.4) is 0 Å². The Morgan fingerprint density at radius 3 is 2.80 bits per heavy atom. The number of alkyl halides is 1. The van der Waals surface area contributed by atoms with Crippen molar-refractivity contribution in [3.63, 3.8) is 0 Å². The normalized spacial score (nSPS) is 23.0. The molecule has 41 heavy (non-hydrogen) atoms. The van der Waals surface area contributed by atoms with E-state index >= 15 is 4.39 Å². The molecule has 3 saturated heterocycles. The zero-order valence-electron chi connectivity index (χ0n) is 22.6. The fourth-order valence-corrected chi connectivity index (χ4v) is 6.70. The Hall–Kier alpha value is -4.13. The van der Waals surface area contributed by atoms with E-state index in [-0.39, 0.29) is 36.9 Å². The molecule has 0 aliphatic carbocycles. The minimum Gasteiger partial charge on any atom is -0.465 e. The van der Waals surface area contributed by atoms with Crippen LogP contribution in [0.25, 0.3) is 33.1 Å². The number of pyridine rings is 1. The molecule has 3 aliphatic rings. The molecule has 11 nitrogen and oxygen atoms in total. The number of anilines is 1. The Labute approximate surface area is 234 Å². The predicted molar refractivity (Wildman–Crippen MR) is 147 cm³/mol. The molecule has 7 rings (SSSR count). The third kappa shape index (κ3) is 4.30. The number of benzene rings is 1. The quantitative estimate of drug-likeness (QED) is 0.373. The summed E-state index contributed by atoms with van der Waals surface area (Å²) in [5.74, 6) is -0.177. The second-order valence-electron chi connectivity index (χ2n) is 11.2. The number of carboxylic acid groups (broad SMARTS) is 1. The van der Waals surface area contributed by atoms with Crippen LogP contribution in [0.5, 0.6) is 6.01 Å². The highest BCUT2D eigenvalue weighted by molar-refractivity contribution is 5.98. The third-order valence-corrected chi connectivity index (χ3v) is 8.79. The van der Waals surface area contributed by atoms with Crippen LogP contribution in [0.15, 0.2) is 24.5 Å². The van der Waals surface area contributed by atoms with Crippen molar-refractivity contribution in [1.82, 2.24) is 34.9 Å². The standard InChI is InChI=1S/C28H30F2N8O3/c1-16-3-4-20-18(13-32-35-20)21(16)24-22(30)23-19(12-31-24)25(36-7-9-37(10-8-36)27(39)40)34-26(33-23)41-15-28-5-2-6-38(28)14-17(29)11-28/h3-4,12-13,17H,2,5-11,14-15H2,1H3,(H,32,35)(H,39,40)/t17-,28+/m1/s1. The summed E-state index contributed by atoms with van der Waals surface area (Å²) in [6.45, 7) is 4.62. The molecule has 214 valence electrons. The summed E-state index contributed by atoms with van der Waals surface area (Å²) in [4.78, 5) is 30.6. The van der Waals surface area contributed by atoms with Crippen molar-refractivity contribution in [2.24, 2.45) is 0 Å². The number of hydrogen-bond acceptors (Lipinski definition) is 8. The maximum Gasteiger partial charge on any atom is 0.407 e. The van der Waals surface area contributed by atoms with Crippen LogP contribution >= 0.6 is 0 Å². The van der Waals surface area contributed by atoms with Gasteiger partial charge in [0.05, 0.1) is 22.6 Å². The summed E-state index contributed by atoms with van der Waals surface area (Å²) in [6, 6.07) is 3.78. The highest BCUT2D eigenvalue weighted by Gasteiger charge is 2.49. The highest BCUT2D eigenvalue weighted by Crippen LogP contribution is 2.41. The van der Waals surface area contributed by atoms with E-state index in [4.69, 9.17) is 4.74 Å². The number of aromatic amines is 1. The zero-order valence-corrected chi connectivity index (χ0v) is 22.6. The lowest BCUT2D eigenvalue weighted by Gasteiger charge is -2.34. The summed E-state index contributed by atoms with van der Waals surface area (Å²) in [6.07, 6.45) is 3.51. The fourth-order valence-electron chi connectivity index (χ4n) is 6.70.